The highest BCUT2D eigenvalue weighted by Gasteiger charge is 2.12. The number of nitrogens with two attached hydrogens (primary N) is 1. The Labute approximate surface area is 115 Å². The molecule has 6 nitrogen and oxygen atoms in total. The van der Waals surface area contributed by atoms with Gasteiger partial charge in [-0.1, -0.05) is 12.1 Å². The topological polar surface area (TPSA) is 108 Å². The third kappa shape index (κ3) is 3.24. The van der Waals surface area contributed by atoms with Crippen molar-refractivity contribution in [3.63, 3.8) is 0 Å². The number of aromatic amines is 1. The molecule has 1 atom stereocenters. The quantitative estimate of drug-likeness (QED) is 0.605. The largest absolute Gasteiger partial charge is 0.399 e. The minimum absolute atomic E-state index is 0.0110. The van der Waals surface area contributed by atoms with Crippen LogP contribution in [0.3, 0.4) is 0 Å². The van der Waals surface area contributed by atoms with Crippen molar-refractivity contribution < 1.29 is 9.90 Å². The second-order valence-electron chi connectivity index (χ2n) is 4.31. The predicted molar refractivity (Wildman–Crippen MR) is 75.2 cm³/mol. The number of pyridine rings is 1. The molecule has 0 radical (unpaired) electrons. The highest BCUT2D eigenvalue weighted by atomic mass is 16.3. The molecule has 1 heterocycles. The lowest BCUT2D eigenvalue weighted by molar-refractivity contribution is 0.0915. The van der Waals surface area contributed by atoms with Gasteiger partial charge in [-0.05, 0) is 17.7 Å². The molecule has 0 spiro atoms. The van der Waals surface area contributed by atoms with E-state index in [-0.39, 0.29) is 17.5 Å². The standard InChI is InChI=1S/C14H15N3O3/c15-10-3-1-9(2-4-10)13(19)8-17-14(20)11-7-16-6-5-12(11)18/h1-7,13,19H,8,15H2,(H,16,18)(H,17,20). The first-order chi connectivity index (χ1) is 9.58. The molecule has 0 saturated heterocycles. The van der Waals surface area contributed by atoms with Crippen LogP contribution in [0.1, 0.15) is 22.0 Å². The van der Waals surface area contributed by atoms with Gasteiger partial charge in [-0.3, -0.25) is 9.59 Å². The van der Waals surface area contributed by atoms with Gasteiger partial charge in [-0.15, -0.1) is 0 Å². The van der Waals surface area contributed by atoms with E-state index in [2.05, 4.69) is 10.3 Å². The van der Waals surface area contributed by atoms with Crippen LogP contribution in [-0.4, -0.2) is 22.5 Å². The van der Waals surface area contributed by atoms with E-state index in [1.807, 2.05) is 0 Å². The van der Waals surface area contributed by atoms with Gasteiger partial charge in [0.1, 0.15) is 5.56 Å². The SMILES string of the molecule is Nc1ccc(C(O)CNC(=O)c2c[nH]ccc2=O)cc1. The van der Waals surface area contributed by atoms with E-state index in [1.54, 1.807) is 24.3 Å². The summed E-state index contributed by atoms with van der Waals surface area (Å²) < 4.78 is 0. The van der Waals surface area contributed by atoms with Gasteiger partial charge >= 0.3 is 0 Å². The summed E-state index contributed by atoms with van der Waals surface area (Å²) in [5.74, 6) is -0.527. The number of aliphatic hydroxyl groups is 1. The molecule has 1 unspecified atom stereocenters. The number of hydrogen-bond acceptors (Lipinski definition) is 4. The number of aromatic nitrogens is 1. The number of rotatable bonds is 4. The van der Waals surface area contributed by atoms with Crippen LogP contribution < -0.4 is 16.5 Å². The van der Waals surface area contributed by atoms with Crippen LogP contribution in [-0.2, 0) is 0 Å². The fourth-order valence-electron chi connectivity index (χ4n) is 1.71. The molecule has 0 saturated carbocycles. The zero-order valence-corrected chi connectivity index (χ0v) is 10.7. The second kappa shape index (κ2) is 6.03. The molecule has 0 aliphatic heterocycles. The number of nitrogen functional groups attached to an aromatic ring is 1. The minimum Gasteiger partial charge on any atom is -0.399 e. The van der Waals surface area contributed by atoms with Gasteiger partial charge < -0.3 is 21.1 Å². The average molecular weight is 273 g/mol. The fourth-order valence-corrected chi connectivity index (χ4v) is 1.71. The third-order valence-corrected chi connectivity index (χ3v) is 2.85. The smallest absolute Gasteiger partial charge is 0.256 e. The molecule has 6 heteroatoms. The van der Waals surface area contributed by atoms with Crippen molar-refractivity contribution in [2.75, 3.05) is 12.3 Å². The Morgan fingerprint density at radius 3 is 2.65 bits per heavy atom. The van der Waals surface area contributed by atoms with Gasteiger partial charge in [0.05, 0.1) is 6.10 Å². The Morgan fingerprint density at radius 2 is 2.00 bits per heavy atom. The van der Waals surface area contributed by atoms with E-state index in [0.717, 1.165) is 0 Å². The minimum atomic E-state index is -0.859. The van der Waals surface area contributed by atoms with Crippen LogP contribution in [0.4, 0.5) is 5.69 Å². The summed E-state index contributed by atoms with van der Waals surface area (Å²) >= 11 is 0. The summed E-state index contributed by atoms with van der Waals surface area (Å²) in [6, 6.07) is 7.97. The maximum Gasteiger partial charge on any atom is 0.256 e. The van der Waals surface area contributed by atoms with Crippen LogP contribution in [0.5, 0.6) is 0 Å². The molecule has 0 aliphatic rings. The Hall–Kier alpha value is -2.60. The summed E-state index contributed by atoms with van der Waals surface area (Å²) in [5.41, 5.74) is 6.43. The van der Waals surface area contributed by atoms with Crippen LogP contribution >= 0.6 is 0 Å². The molecular weight excluding hydrogens is 258 g/mol. The van der Waals surface area contributed by atoms with Crippen LogP contribution in [0.25, 0.3) is 0 Å². The lowest BCUT2D eigenvalue weighted by Gasteiger charge is -2.12. The molecule has 0 aliphatic carbocycles. The van der Waals surface area contributed by atoms with Gasteiger partial charge in [0.15, 0.2) is 5.43 Å². The van der Waals surface area contributed by atoms with E-state index >= 15 is 0 Å². The maximum atomic E-state index is 11.8. The first-order valence-electron chi connectivity index (χ1n) is 6.07. The molecule has 1 amide bonds. The molecule has 1 aromatic heterocycles. The van der Waals surface area contributed by atoms with E-state index in [0.29, 0.717) is 11.3 Å². The molecule has 0 bridgehead atoms. The molecule has 104 valence electrons. The van der Waals surface area contributed by atoms with E-state index < -0.39 is 12.0 Å². The van der Waals surface area contributed by atoms with Crippen LogP contribution in [0, 0.1) is 0 Å². The Kier molecular flexibility index (Phi) is 4.17. The van der Waals surface area contributed by atoms with Crippen molar-refractivity contribution >= 4 is 11.6 Å². The number of amides is 1. The number of carbonyl (C=O) groups is 1. The lowest BCUT2D eigenvalue weighted by atomic mass is 10.1. The van der Waals surface area contributed by atoms with E-state index in [1.165, 1.54) is 18.5 Å². The monoisotopic (exact) mass is 273 g/mol. The van der Waals surface area contributed by atoms with Crippen molar-refractivity contribution in [3.8, 4) is 0 Å². The Bertz CT molecular complexity index is 649. The van der Waals surface area contributed by atoms with Crippen LogP contribution in [0.15, 0.2) is 47.5 Å². The second-order valence-corrected chi connectivity index (χ2v) is 4.31. The molecule has 5 N–H and O–H groups in total. The van der Waals surface area contributed by atoms with Crippen molar-refractivity contribution in [1.29, 1.82) is 0 Å². The van der Waals surface area contributed by atoms with Gasteiger partial charge in [-0.25, -0.2) is 0 Å². The number of benzene rings is 1. The number of H-pyrrole nitrogens is 1. The van der Waals surface area contributed by atoms with Crippen molar-refractivity contribution in [3.05, 3.63) is 64.1 Å². The summed E-state index contributed by atoms with van der Waals surface area (Å²) in [6.45, 7) is 0.0110. The fraction of sp³-hybridized carbons (Fsp3) is 0.143. The van der Waals surface area contributed by atoms with Gasteiger partial charge in [-0.2, -0.15) is 0 Å². The summed E-state index contributed by atoms with van der Waals surface area (Å²) in [5, 5.41) is 12.4. The first-order valence-corrected chi connectivity index (χ1v) is 6.07. The molecule has 20 heavy (non-hydrogen) atoms. The molecular formula is C14H15N3O3. The van der Waals surface area contributed by atoms with Crippen LogP contribution in [0.2, 0.25) is 0 Å². The number of hydrogen-bond donors (Lipinski definition) is 4. The molecule has 2 aromatic rings. The Balaban J connectivity index is 1.98. The number of aliphatic hydroxyl groups excluding tert-OH is 1. The number of carbonyl (C=O) groups excluding carboxylic acids is 1. The van der Waals surface area contributed by atoms with Crippen molar-refractivity contribution in [2.45, 2.75) is 6.10 Å². The summed E-state index contributed by atoms with van der Waals surface area (Å²) in [7, 11) is 0. The van der Waals surface area contributed by atoms with E-state index in [4.69, 9.17) is 5.73 Å². The van der Waals surface area contributed by atoms with Crippen molar-refractivity contribution in [1.82, 2.24) is 10.3 Å². The zero-order chi connectivity index (χ0) is 14.5. The maximum absolute atomic E-state index is 11.8. The van der Waals surface area contributed by atoms with E-state index in [9.17, 15) is 14.7 Å². The van der Waals surface area contributed by atoms with Crippen molar-refractivity contribution in [2.24, 2.45) is 0 Å². The normalized spacial score (nSPS) is 11.8. The predicted octanol–water partition coefficient (Wildman–Crippen LogP) is 0.420. The number of nitrogens with one attached hydrogen (secondary N) is 2. The Morgan fingerprint density at radius 1 is 1.30 bits per heavy atom. The van der Waals surface area contributed by atoms with Gasteiger partial charge in [0, 0.05) is 30.7 Å². The third-order valence-electron chi connectivity index (χ3n) is 2.85. The molecule has 0 fully saturated rings. The molecule has 2 rings (SSSR count). The highest BCUT2D eigenvalue weighted by molar-refractivity contribution is 5.93. The molecule has 1 aromatic carbocycles. The zero-order valence-electron chi connectivity index (χ0n) is 10.7. The first kappa shape index (κ1) is 13.8. The van der Waals surface area contributed by atoms with Gasteiger partial charge in [0.2, 0.25) is 0 Å². The highest BCUT2D eigenvalue weighted by Crippen LogP contribution is 2.13. The summed E-state index contributed by atoms with van der Waals surface area (Å²) in [4.78, 5) is 25.9. The lowest BCUT2D eigenvalue weighted by Crippen LogP contribution is -2.31. The average Bonchev–Trinajstić information content (AvgIpc) is 2.45. The van der Waals surface area contributed by atoms with Gasteiger partial charge in [0.25, 0.3) is 5.91 Å². The number of anilines is 1. The summed E-state index contributed by atoms with van der Waals surface area (Å²) in [6.07, 6.45) is 1.91.